The quantitative estimate of drug-likeness (QED) is 0.811. The van der Waals surface area contributed by atoms with Crippen molar-refractivity contribution in [3.8, 4) is 0 Å². The molecule has 1 aliphatic heterocycles. The number of piperazine rings is 1. The third-order valence-electron chi connectivity index (χ3n) is 3.60. The van der Waals surface area contributed by atoms with Gasteiger partial charge in [-0.05, 0) is 12.1 Å². The topological polar surface area (TPSA) is 58.6 Å². The molecule has 1 fully saturated rings. The van der Waals surface area contributed by atoms with E-state index in [1.807, 2.05) is 24.3 Å². The number of nitrogens with zero attached hydrogens (tertiary/aromatic N) is 4. The molecule has 1 saturated heterocycles. The van der Waals surface area contributed by atoms with Crippen molar-refractivity contribution in [2.24, 2.45) is 0 Å². The normalized spacial score (nSPS) is 15.1. The maximum atomic E-state index is 11.8. The number of para-hydroxylation sites is 2. The molecule has 6 nitrogen and oxygen atoms in total. The number of halogens is 1. The SMILES string of the molecule is O=C(OCCCl)N1CCN(c2cnc3ccccc3n2)CC1. The van der Waals surface area contributed by atoms with Gasteiger partial charge in [0, 0.05) is 26.2 Å². The number of alkyl halides is 1. The van der Waals surface area contributed by atoms with E-state index in [1.165, 1.54) is 0 Å². The fourth-order valence-corrected chi connectivity index (χ4v) is 2.51. The zero-order valence-electron chi connectivity index (χ0n) is 12.1. The number of hydrogen-bond donors (Lipinski definition) is 0. The molecular weight excluding hydrogens is 304 g/mol. The molecule has 0 atom stereocenters. The van der Waals surface area contributed by atoms with E-state index in [9.17, 15) is 4.79 Å². The molecule has 22 heavy (non-hydrogen) atoms. The first-order valence-corrected chi connectivity index (χ1v) is 7.76. The lowest BCUT2D eigenvalue weighted by Gasteiger charge is -2.34. The number of benzene rings is 1. The summed E-state index contributed by atoms with van der Waals surface area (Å²) >= 11 is 5.52. The van der Waals surface area contributed by atoms with Crippen molar-refractivity contribution in [1.82, 2.24) is 14.9 Å². The minimum atomic E-state index is -0.301. The van der Waals surface area contributed by atoms with E-state index in [-0.39, 0.29) is 12.7 Å². The molecular formula is C15H17ClN4O2. The molecule has 0 saturated carbocycles. The van der Waals surface area contributed by atoms with E-state index in [4.69, 9.17) is 16.3 Å². The smallest absolute Gasteiger partial charge is 0.409 e. The Morgan fingerprint density at radius 1 is 1.18 bits per heavy atom. The second-order valence-corrected chi connectivity index (χ2v) is 5.37. The molecule has 0 unspecified atom stereocenters. The van der Waals surface area contributed by atoms with Crippen LogP contribution in [-0.2, 0) is 4.74 Å². The third kappa shape index (κ3) is 3.22. The molecule has 1 aromatic heterocycles. The molecule has 2 heterocycles. The Hall–Kier alpha value is -2.08. The Morgan fingerprint density at radius 3 is 2.64 bits per heavy atom. The highest BCUT2D eigenvalue weighted by Crippen LogP contribution is 2.17. The van der Waals surface area contributed by atoms with Gasteiger partial charge in [0.15, 0.2) is 0 Å². The third-order valence-corrected chi connectivity index (χ3v) is 3.75. The van der Waals surface area contributed by atoms with E-state index < -0.39 is 0 Å². The number of carbonyl (C=O) groups excluding carboxylic acids is 1. The molecule has 1 aliphatic rings. The van der Waals surface area contributed by atoms with Gasteiger partial charge < -0.3 is 14.5 Å². The van der Waals surface area contributed by atoms with Gasteiger partial charge in [-0.15, -0.1) is 11.6 Å². The van der Waals surface area contributed by atoms with Crippen molar-refractivity contribution in [1.29, 1.82) is 0 Å². The summed E-state index contributed by atoms with van der Waals surface area (Å²) in [4.78, 5) is 24.7. The van der Waals surface area contributed by atoms with Crippen molar-refractivity contribution in [3.63, 3.8) is 0 Å². The van der Waals surface area contributed by atoms with Gasteiger partial charge in [0.05, 0.1) is 23.1 Å². The number of anilines is 1. The van der Waals surface area contributed by atoms with Crippen LogP contribution in [0.1, 0.15) is 0 Å². The average Bonchev–Trinajstić information content (AvgIpc) is 2.59. The van der Waals surface area contributed by atoms with Crippen molar-refractivity contribution in [2.75, 3.05) is 43.6 Å². The second kappa shape index (κ2) is 6.79. The van der Waals surface area contributed by atoms with E-state index >= 15 is 0 Å². The largest absolute Gasteiger partial charge is 0.448 e. The van der Waals surface area contributed by atoms with Crippen LogP contribution in [-0.4, -0.2) is 59.6 Å². The highest BCUT2D eigenvalue weighted by atomic mass is 35.5. The number of carbonyl (C=O) groups is 1. The van der Waals surface area contributed by atoms with E-state index in [1.54, 1.807) is 11.1 Å². The highest BCUT2D eigenvalue weighted by molar-refractivity contribution is 6.18. The maximum absolute atomic E-state index is 11.8. The monoisotopic (exact) mass is 320 g/mol. The first-order chi connectivity index (χ1) is 10.8. The van der Waals surface area contributed by atoms with Crippen LogP contribution in [0.4, 0.5) is 10.6 Å². The second-order valence-electron chi connectivity index (χ2n) is 4.99. The van der Waals surface area contributed by atoms with Gasteiger partial charge in [-0.25, -0.2) is 9.78 Å². The van der Waals surface area contributed by atoms with Crippen LogP contribution in [0.2, 0.25) is 0 Å². The number of rotatable bonds is 3. The summed E-state index contributed by atoms with van der Waals surface area (Å²) in [6, 6.07) is 7.79. The molecule has 0 N–H and O–H groups in total. The fourth-order valence-electron chi connectivity index (χ4n) is 2.44. The first-order valence-electron chi connectivity index (χ1n) is 7.22. The van der Waals surface area contributed by atoms with E-state index in [2.05, 4.69) is 14.9 Å². The number of aromatic nitrogens is 2. The Morgan fingerprint density at radius 2 is 1.91 bits per heavy atom. The number of ether oxygens (including phenoxy) is 1. The lowest BCUT2D eigenvalue weighted by Crippen LogP contribution is -2.49. The van der Waals surface area contributed by atoms with Crippen LogP contribution in [0, 0.1) is 0 Å². The van der Waals surface area contributed by atoms with Crippen LogP contribution in [0.5, 0.6) is 0 Å². The van der Waals surface area contributed by atoms with Crippen molar-refractivity contribution in [2.45, 2.75) is 0 Å². The zero-order chi connectivity index (χ0) is 15.4. The summed E-state index contributed by atoms with van der Waals surface area (Å²) in [6.07, 6.45) is 1.48. The lowest BCUT2D eigenvalue weighted by atomic mass is 10.3. The van der Waals surface area contributed by atoms with Crippen LogP contribution >= 0.6 is 11.6 Å². The molecule has 1 amide bonds. The van der Waals surface area contributed by atoms with Gasteiger partial charge in [0.2, 0.25) is 0 Å². The number of amides is 1. The Balaban J connectivity index is 1.63. The highest BCUT2D eigenvalue weighted by Gasteiger charge is 2.23. The molecule has 3 rings (SSSR count). The van der Waals surface area contributed by atoms with Crippen LogP contribution in [0.15, 0.2) is 30.5 Å². The van der Waals surface area contributed by atoms with Gasteiger partial charge in [0.25, 0.3) is 0 Å². The van der Waals surface area contributed by atoms with Gasteiger partial charge in [-0.3, -0.25) is 4.98 Å². The minimum absolute atomic E-state index is 0.247. The first kappa shape index (κ1) is 14.8. The molecule has 0 aliphatic carbocycles. The van der Waals surface area contributed by atoms with Gasteiger partial charge in [-0.1, -0.05) is 12.1 Å². The van der Waals surface area contributed by atoms with Crippen molar-refractivity contribution >= 4 is 34.5 Å². The predicted octanol–water partition coefficient (Wildman–Crippen LogP) is 2.13. The van der Waals surface area contributed by atoms with Gasteiger partial charge >= 0.3 is 6.09 Å². The molecule has 0 bridgehead atoms. The summed E-state index contributed by atoms with van der Waals surface area (Å²) < 4.78 is 5.04. The molecule has 0 radical (unpaired) electrons. The van der Waals surface area contributed by atoms with Crippen molar-refractivity contribution < 1.29 is 9.53 Å². The van der Waals surface area contributed by atoms with Gasteiger partial charge in [0.1, 0.15) is 12.4 Å². The summed E-state index contributed by atoms with van der Waals surface area (Å²) in [5, 5.41) is 0. The summed E-state index contributed by atoms with van der Waals surface area (Å²) in [5.74, 6) is 1.16. The lowest BCUT2D eigenvalue weighted by molar-refractivity contribution is 0.105. The Labute approximate surface area is 133 Å². The van der Waals surface area contributed by atoms with Crippen LogP contribution < -0.4 is 4.90 Å². The fraction of sp³-hybridized carbons (Fsp3) is 0.400. The molecule has 0 spiro atoms. The predicted molar refractivity (Wildman–Crippen MR) is 85.4 cm³/mol. The number of hydrogen-bond acceptors (Lipinski definition) is 5. The van der Waals surface area contributed by atoms with Crippen LogP contribution in [0.25, 0.3) is 11.0 Å². The number of fused-ring (bicyclic) bond motifs is 1. The van der Waals surface area contributed by atoms with Gasteiger partial charge in [-0.2, -0.15) is 0 Å². The average molecular weight is 321 g/mol. The maximum Gasteiger partial charge on any atom is 0.409 e. The molecule has 116 valence electrons. The molecule has 1 aromatic carbocycles. The summed E-state index contributed by atoms with van der Waals surface area (Å²) in [5.41, 5.74) is 1.76. The Kier molecular flexibility index (Phi) is 4.58. The van der Waals surface area contributed by atoms with Crippen LogP contribution in [0.3, 0.4) is 0 Å². The Bertz CT molecular complexity index is 659. The zero-order valence-corrected chi connectivity index (χ0v) is 12.9. The van der Waals surface area contributed by atoms with Crippen molar-refractivity contribution in [3.05, 3.63) is 30.5 Å². The van der Waals surface area contributed by atoms with E-state index in [0.29, 0.717) is 32.1 Å². The minimum Gasteiger partial charge on any atom is -0.448 e. The summed E-state index contributed by atoms with van der Waals surface area (Å²) in [6.45, 7) is 2.88. The standard InChI is InChI=1S/C15H17ClN4O2/c16-5-10-22-15(21)20-8-6-19(7-9-20)14-11-17-12-3-1-2-4-13(12)18-14/h1-4,11H,5-10H2. The van der Waals surface area contributed by atoms with E-state index in [0.717, 1.165) is 16.9 Å². The molecule has 2 aromatic rings. The molecule has 7 heteroatoms. The summed E-state index contributed by atoms with van der Waals surface area (Å²) in [7, 11) is 0.